The first-order valence-electron chi connectivity index (χ1n) is 10.1. The van der Waals surface area contributed by atoms with Gasteiger partial charge in [0.05, 0.1) is 23.3 Å². The van der Waals surface area contributed by atoms with Gasteiger partial charge in [-0.3, -0.25) is 9.69 Å². The van der Waals surface area contributed by atoms with Crippen molar-refractivity contribution in [1.82, 2.24) is 9.80 Å². The molecule has 1 aromatic carbocycles. The van der Waals surface area contributed by atoms with Crippen molar-refractivity contribution in [1.29, 1.82) is 0 Å². The molecule has 4 rings (SSSR count). The number of hydrogen-bond acceptors (Lipinski definition) is 4. The number of benzene rings is 1. The molecule has 2 aliphatic heterocycles. The maximum atomic E-state index is 13.0. The summed E-state index contributed by atoms with van der Waals surface area (Å²) in [6.07, 6.45) is 6.62. The van der Waals surface area contributed by atoms with Crippen LogP contribution < -0.4 is 4.74 Å². The lowest BCUT2D eigenvalue weighted by Crippen LogP contribution is -2.63. The molecule has 6 heteroatoms. The highest BCUT2D eigenvalue weighted by Crippen LogP contribution is 2.41. The summed E-state index contributed by atoms with van der Waals surface area (Å²) in [6, 6.07) is 5.66. The zero-order chi connectivity index (χ0) is 19.0. The van der Waals surface area contributed by atoms with E-state index in [1.54, 1.807) is 25.3 Å². The van der Waals surface area contributed by atoms with Gasteiger partial charge in [0.1, 0.15) is 5.75 Å². The number of carbonyl (C=O) groups excluding carboxylic acids is 1. The lowest BCUT2D eigenvalue weighted by atomic mass is 9.77. The van der Waals surface area contributed by atoms with Gasteiger partial charge in [-0.2, -0.15) is 0 Å². The van der Waals surface area contributed by atoms with Gasteiger partial charge in [-0.05, 0) is 43.7 Å². The van der Waals surface area contributed by atoms with Crippen LogP contribution in [0.5, 0.6) is 5.75 Å². The van der Waals surface area contributed by atoms with Gasteiger partial charge in [0, 0.05) is 32.2 Å². The van der Waals surface area contributed by atoms with Crippen LogP contribution in [0.4, 0.5) is 0 Å². The van der Waals surface area contributed by atoms with E-state index in [0.717, 1.165) is 38.8 Å². The van der Waals surface area contributed by atoms with Crippen LogP contribution in [0.2, 0.25) is 5.02 Å². The summed E-state index contributed by atoms with van der Waals surface area (Å²) in [5.41, 5.74) is -0.0299. The molecule has 0 unspecified atom stereocenters. The van der Waals surface area contributed by atoms with E-state index in [4.69, 9.17) is 16.3 Å². The van der Waals surface area contributed by atoms with E-state index in [2.05, 4.69) is 4.90 Å². The summed E-state index contributed by atoms with van der Waals surface area (Å²) in [5, 5.41) is 11.6. The smallest absolute Gasteiger partial charge is 0.255 e. The molecule has 1 saturated carbocycles. The highest BCUT2D eigenvalue weighted by molar-refractivity contribution is 6.35. The van der Waals surface area contributed by atoms with Crippen LogP contribution in [0, 0.1) is 5.92 Å². The minimum atomic E-state index is -0.532. The minimum absolute atomic E-state index is 0.0322. The van der Waals surface area contributed by atoms with Gasteiger partial charge >= 0.3 is 0 Å². The molecule has 1 aliphatic carbocycles. The Labute approximate surface area is 166 Å². The number of amides is 1. The number of fused-ring (bicyclic) bond motifs is 1. The van der Waals surface area contributed by atoms with Crippen molar-refractivity contribution in [3.8, 4) is 5.75 Å². The van der Waals surface area contributed by atoms with Crippen molar-refractivity contribution >= 4 is 17.5 Å². The number of methoxy groups -OCH3 is 1. The van der Waals surface area contributed by atoms with Crippen LogP contribution in [0.3, 0.4) is 0 Å². The van der Waals surface area contributed by atoms with E-state index in [1.165, 1.54) is 12.8 Å². The van der Waals surface area contributed by atoms with Gasteiger partial charge in [0.15, 0.2) is 0 Å². The fourth-order valence-corrected chi connectivity index (χ4v) is 5.49. The zero-order valence-electron chi connectivity index (χ0n) is 16.0. The molecule has 3 aliphatic rings. The maximum Gasteiger partial charge on any atom is 0.255 e. The molecule has 1 N–H and O–H groups in total. The van der Waals surface area contributed by atoms with Crippen molar-refractivity contribution in [3.05, 3.63) is 28.8 Å². The van der Waals surface area contributed by atoms with Gasteiger partial charge in [-0.1, -0.05) is 30.5 Å². The van der Waals surface area contributed by atoms with E-state index < -0.39 is 5.60 Å². The van der Waals surface area contributed by atoms with Crippen molar-refractivity contribution < 1.29 is 14.6 Å². The zero-order valence-corrected chi connectivity index (χ0v) is 16.7. The number of rotatable bonds is 3. The Morgan fingerprint density at radius 1 is 1.26 bits per heavy atom. The minimum Gasteiger partial charge on any atom is -0.495 e. The first kappa shape index (κ1) is 19.0. The van der Waals surface area contributed by atoms with E-state index >= 15 is 0 Å². The molecule has 2 atom stereocenters. The fourth-order valence-electron chi connectivity index (χ4n) is 5.21. The molecule has 0 radical (unpaired) electrons. The van der Waals surface area contributed by atoms with Crippen molar-refractivity contribution in [2.75, 3.05) is 33.3 Å². The first-order valence-corrected chi connectivity index (χ1v) is 10.5. The first-order chi connectivity index (χ1) is 13.0. The van der Waals surface area contributed by atoms with Crippen LogP contribution >= 0.6 is 11.6 Å². The number of carbonyl (C=O) groups is 1. The molecule has 0 bridgehead atoms. The molecule has 0 spiro atoms. The van der Waals surface area contributed by atoms with Crippen molar-refractivity contribution in [2.45, 2.75) is 50.2 Å². The molecule has 3 fully saturated rings. The third-order valence-corrected chi connectivity index (χ3v) is 7.20. The molecule has 1 aromatic rings. The highest BCUT2D eigenvalue weighted by Gasteiger charge is 2.46. The Balaban J connectivity index is 1.43. The Bertz CT molecular complexity index is 707. The number of piperidine rings is 1. The summed E-state index contributed by atoms with van der Waals surface area (Å²) in [6.45, 7) is 2.94. The average molecular weight is 393 g/mol. The van der Waals surface area contributed by atoms with E-state index in [9.17, 15) is 9.90 Å². The lowest BCUT2D eigenvalue weighted by molar-refractivity contribution is -0.101. The van der Waals surface area contributed by atoms with E-state index in [0.29, 0.717) is 41.4 Å². The predicted molar refractivity (Wildman–Crippen MR) is 105 cm³/mol. The number of nitrogens with zero attached hydrogens (tertiary/aromatic N) is 2. The van der Waals surface area contributed by atoms with Crippen LogP contribution in [-0.2, 0) is 0 Å². The van der Waals surface area contributed by atoms with Crippen LogP contribution in [0.15, 0.2) is 18.2 Å². The quantitative estimate of drug-likeness (QED) is 0.858. The standard InChI is InChI=1S/C21H29ClN2O3/c1-27-18-8-4-7-17(19(18)22)20(25)23-11-12-24-14-21(26,10-9-16(24)13-23)15-5-2-3-6-15/h4,7-8,15-16,26H,2-3,5-6,9-14H2,1H3/t16-,21-/m0/s1. The number of aliphatic hydroxyl groups is 1. The predicted octanol–water partition coefficient (Wildman–Crippen LogP) is 3.19. The van der Waals surface area contributed by atoms with Crippen LogP contribution in [0.1, 0.15) is 48.9 Å². The molecule has 5 nitrogen and oxygen atoms in total. The number of halogens is 1. The lowest BCUT2D eigenvalue weighted by Gasteiger charge is -2.51. The monoisotopic (exact) mass is 392 g/mol. The maximum absolute atomic E-state index is 13.0. The largest absolute Gasteiger partial charge is 0.495 e. The average Bonchev–Trinajstić information content (AvgIpc) is 3.23. The SMILES string of the molecule is COc1cccc(C(=O)N2CCN3C[C@](O)(C4CCCC4)CC[C@H]3C2)c1Cl. The molecular formula is C21H29ClN2O3. The second-order valence-electron chi connectivity index (χ2n) is 8.32. The molecular weight excluding hydrogens is 364 g/mol. The van der Waals surface area contributed by atoms with Gasteiger partial charge in [-0.25, -0.2) is 0 Å². The van der Waals surface area contributed by atoms with Crippen molar-refractivity contribution in [2.24, 2.45) is 5.92 Å². The molecule has 27 heavy (non-hydrogen) atoms. The van der Waals surface area contributed by atoms with Crippen LogP contribution in [0.25, 0.3) is 0 Å². The second kappa shape index (κ2) is 7.61. The number of hydrogen-bond donors (Lipinski definition) is 1. The Morgan fingerprint density at radius 2 is 2.04 bits per heavy atom. The van der Waals surface area contributed by atoms with E-state index in [-0.39, 0.29) is 5.91 Å². The third kappa shape index (κ3) is 3.57. The van der Waals surface area contributed by atoms with E-state index in [1.807, 2.05) is 4.90 Å². The summed E-state index contributed by atoms with van der Waals surface area (Å²) in [4.78, 5) is 17.3. The topological polar surface area (TPSA) is 53.0 Å². The number of piperazine rings is 1. The number of ether oxygens (including phenoxy) is 1. The third-order valence-electron chi connectivity index (χ3n) is 6.81. The molecule has 1 amide bonds. The Hall–Kier alpha value is -1.30. The second-order valence-corrected chi connectivity index (χ2v) is 8.70. The molecule has 2 saturated heterocycles. The Kier molecular flexibility index (Phi) is 5.36. The van der Waals surface area contributed by atoms with Crippen molar-refractivity contribution in [3.63, 3.8) is 0 Å². The van der Waals surface area contributed by atoms with Gasteiger partial charge in [0.25, 0.3) is 5.91 Å². The Morgan fingerprint density at radius 3 is 2.78 bits per heavy atom. The summed E-state index contributed by atoms with van der Waals surface area (Å²) in [5.74, 6) is 0.948. The summed E-state index contributed by atoms with van der Waals surface area (Å²) < 4.78 is 5.24. The fraction of sp³-hybridized carbons (Fsp3) is 0.667. The molecule has 0 aromatic heterocycles. The molecule has 148 valence electrons. The summed E-state index contributed by atoms with van der Waals surface area (Å²) in [7, 11) is 1.56. The molecule has 2 heterocycles. The highest BCUT2D eigenvalue weighted by atomic mass is 35.5. The normalized spacial score (nSPS) is 29.6. The van der Waals surface area contributed by atoms with Gasteiger partial charge in [-0.15, -0.1) is 0 Å². The van der Waals surface area contributed by atoms with Gasteiger partial charge in [0.2, 0.25) is 0 Å². The van der Waals surface area contributed by atoms with Gasteiger partial charge < -0.3 is 14.7 Å². The van der Waals surface area contributed by atoms with Crippen LogP contribution in [-0.4, -0.2) is 65.7 Å². The summed E-state index contributed by atoms with van der Waals surface area (Å²) >= 11 is 6.35.